The molecule has 3 aliphatic rings. The first-order valence-electron chi connectivity index (χ1n) is 19.1. The standard InChI is InChI=1S/C52H39N3/c1-51(2)43-15-8-6-13-38(43)39-28-25-37(31-46(39)51)55(36-23-19-33(20-24-36)32-11-4-3-5-12-32)49-18-10-17-45-50(49)42-14-7-9-16-44(42)52(45)47-29-34(53)21-26-40(47)41-27-22-35(54)30-48(41)52/h3-31H,53-54H2,1-2H3. The molecule has 0 saturated heterocycles. The highest BCUT2D eigenvalue weighted by atomic mass is 15.1. The Labute approximate surface area is 322 Å². The van der Waals surface area contributed by atoms with Crippen LogP contribution in [0.1, 0.15) is 47.2 Å². The number of hydrogen-bond acceptors (Lipinski definition) is 3. The summed E-state index contributed by atoms with van der Waals surface area (Å²) in [5.41, 5.74) is 34.9. The lowest BCUT2D eigenvalue weighted by Gasteiger charge is -2.32. The fourth-order valence-corrected chi connectivity index (χ4v) is 10.1. The Morgan fingerprint density at radius 1 is 0.382 bits per heavy atom. The van der Waals surface area contributed by atoms with Gasteiger partial charge in [-0.3, -0.25) is 0 Å². The van der Waals surface area contributed by atoms with Crippen LogP contribution in [0.4, 0.5) is 28.4 Å². The van der Waals surface area contributed by atoms with E-state index in [-0.39, 0.29) is 5.41 Å². The van der Waals surface area contributed by atoms with Gasteiger partial charge in [0.2, 0.25) is 0 Å². The maximum atomic E-state index is 6.64. The summed E-state index contributed by atoms with van der Waals surface area (Å²) >= 11 is 0. The molecular formula is C52H39N3. The highest BCUT2D eigenvalue weighted by molar-refractivity contribution is 6.02. The molecule has 0 bridgehead atoms. The van der Waals surface area contributed by atoms with Gasteiger partial charge in [-0.1, -0.05) is 135 Å². The molecule has 3 nitrogen and oxygen atoms in total. The summed E-state index contributed by atoms with van der Waals surface area (Å²) in [6.07, 6.45) is 0. The third-order valence-corrected chi connectivity index (χ3v) is 12.5. The SMILES string of the molecule is CC1(C)c2ccccc2-c2ccc(N(c3ccc(-c4ccccc4)cc3)c3cccc4c3-c3ccccc3C43c4cc(N)ccc4-c4ccc(N)cc43)cc21. The minimum absolute atomic E-state index is 0.142. The second-order valence-electron chi connectivity index (χ2n) is 15.8. The first kappa shape index (κ1) is 31.7. The molecule has 3 aliphatic carbocycles. The Morgan fingerprint density at radius 3 is 1.62 bits per heavy atom. The zero-order valence-electron chi connectivity index (χ0n) is 30.8. The summed E-state index contributed by atoms with van der Waals surface area (Å²) in [5.74, 6) is 0. The van der Waals surface area contributed by atoms with E-state index in [4.69, 9.17) is 11.5 Å². The number of benzene rings is 8. The molecule has 0 radical (unpaired) electrons. The summed E-state index contributed by atoms with van der Waals surface area (Å²) in [4.78, 5) is 2.47. The summed E-state index contributed by atoms with van der Waals surface area (Å²) in [6.45, 7) is 4.71. The topological polar surface area (TPSA) is 55.3 Å². The zero-order chi connectivity index (χ0) is 37.1. The number of hydrogen-bond donors (Lipinski definition) is 2. The maximum Gasteiger partial charge on any atom is 0.0727 e. The second-order valence-corrected chi connectivity index (χ2v) is 15.8. The van der Waals surface area contributed by atoms with Gasteiger partial charge in [0.25, 0.3) is 0 Å². The van der Waals surface area contributed by atoms with Gasteiger partial charge in [-0.2, -0.15) is 0 Å². The minimum Gasteiger partial charge on any atom is -0.399 e. The molecule has 0 aliphatic heterocycles. The van der Waals surface area contributed by atoms with Gasteiger partial charge in [-0.05, 0) is 127 Å². The van der Waals surface area contributed by atoms with E-state index in [0.29, 0.717) is 0 Å². The van der Waals surface area contributed by atoms with Gasteiger partial charge >= 0.3 is 0 Å². The minimum atomic E-state index is -0.582. The molecule has 0 atom stereocenters. The Morgan fingerprint density at radius 2 is 0.909 bits per heavy atom. The molecular weight excluding hydrogens is 667 g/mol. The fourth-order valence-electron chi connectivity index (χ4n) is 10.1. The van der Waals surface area contributed by atoms with E-state index in [2.05, 4.69) is 183 Å². The van der Waals surface area contributed by atoms with E-state index in [1.807, 2.05) is 12.1 Å². The molecule has 0 aromatic heterocycles. The number of nitrogens with zero attached hydrogens (tertiary/aromatic N) is 1. The molecule has 55 heavy (non-hydrogen) atoms. The van der Waals surface area contributed by atoms with Gasteiger partial charge in [0, 0.05) is 33.7 Å². The smallest absolute Gasteiger partial charge is 0.0727 e. The van der Waals surface area contributed by atoms with Crippen LogP contribution >= 0.6 is 0 Å². The molecule has 1 spiro atoms. The average Bonchev–Trinajstić information content (AvgIpc) is 3.77. The summed E-state index contributed by atoms with van der Waals surface area (Å²) < 4.78 is 0. The molecule has 0 amide bonds. The van der Waals surface area contributed by atoms with Crippen LogP contribution in [0.3, 0.4) is 0 Å². The second kappa shape index (κ2) is 11.3. The third kappa shape index (κ3) is 4.27. The van der Waals surface area contributed by atoms with E-state index in [9.17, 15) is 0 Å². The first-order valence-corrected chi connectivity index (χ1v) is 19.1. The van der Waals surface area contributed by atoms with Crippen LogP contribution in [0.5, 0.6) is 0 Å². The monoisotopic (exact) mass is 705 g/mol. The summed E-state index contributed by atoms with van der Waals surface area (Å²) in [7, 11) is 0. The quantitative estimate of drug-likeness (QED) is 0.179. The van der Waals surface area contributed by atoms with Crippen LogP contribution in [0.15, 0.2) is 176 Å². The van der Waals surface area contributed by atoms with Crippen molar-refractivity contribution in [1.82, 2.24) is 0 Å². The van der Waals surface area contributed by atoms with Crippen molar-refractivity contribution < 1.29 is 0 Å². The number of anilines is 5. The molecule has 4 N–H and O–H groups in total. The molecule has 11 rings (SSSR count). The molecule has 3 heteroatoms. The van der Waals surface area contributed by atoms with Crippen molar-refractivity contribution in [3.05, 3.63) is 209 Å². The van der Waals surface area contributed by atoms with E-state index < -0.39 is 5.41 Å². The molecule has 8 aromatic rings. The van der Waals surface area contributed by atoms with E-state index in [1.54, 1.807) is 0 Å². The van der Waals surface area contributed by atoms with Crippen molar-refractivity contribution >= 4 is 28.4 Å². The Bertz CT molecular complexity index is 2810. The third-order valence-electron chi connectivity index (χ3n) is 12.5. The van der Waals surface area contributed by atoms with Gasteiger partial charge in [-0.25, -0.2) is 0 Å². The average molecular weight is 706 g/mol. The Balaban J connectivity index is 1.19. The van der Waals surface area contributed by atoms with Crippen LogP contribution < -0.4 is 16.4 Å². The van der Waals surface area contributed by atoms with Gasteiger partial charge in [-0.15, -0.1) is 0 Å². The van der Waals surface area contributed by atoms with Crippen molar-refractivity contribution in [3.8, 4) is 44.5 Å². The number of fused-ring (bicyclic) bond motifs is 13. The highest BCUT2D eigenvalue weighted by Crippen LogP contribution is 2.65. The van der Waals surface area contributed by atoms with Crippen LogP contribution in [-0.4, -0.2) is 0 Å². The largest absolute Gasteiger partial charge is 0.399 e. The summed E-state index contributed by atoms with van der Waals surface area (Å²) in [5, 5.41) is 0. The number of nitrogen functional groups attached to an aromatic ring is 2. The Kier molecular flexibility index (Phi) is 6.53. The normalized spacial score (nSPS) is 14.4. The molecule has 0 fully saturated rings. The maximum absolute atomic E-state index is 6.64. The van der Waals surface area contributed by atoms with Crippen LogP contribution in [-0.2, 0) is 10.8 Å². The van der Waals surface area contributed by atoms with E-state index in [0.717, 1.165) is 28.4 Å². The van der Waals surface area contributed by atoms with Gasteiger partial charge < -0.3 is 16.4 Å². The van der Waals surface area contributed by atoms with E-state index >= 15 is 0 Å². The van der Waals surface area contributed by atoms with Crippen LogP contribution in [0, 0.1) is 0 Å². The lowest BCUT2D eigenvalue weighted by atomic mass is 9.70. The number of rotatable bonds is 4. The number of nitrogens with two attached hydrogens (primary N) is 2. The van der Waals surface area contributed by atoms with E-state index in [1.165, 1.54) is 77.9 Å². The molecule has 8 aromatic carbocycles. The first-order chi connectivity index (χ1) is 26.9. The van der Waals surface area contributed by atoms with Crippen LogP contribution in [0.25, 0.3) is 44.5 Å². The predicted octanol–water partition coefficient (Wildman–Crippen LogP) is 12.6. The lowest BCUT2D eigenvalue weighted by molar-refractivity contribution is 0.660. The Hall–Kier alpha value is -6.84. The fraction of sp³-hybridized carbons (Fsp3) is 0.0769. The van der Waals surface area contributed by atoms with Crippen molar-refractivity contribution in [3.63, 3.8) is 0 Å². The highest BCUT2D eigenvalue weighted by Gasteiger charge is 2.52. The molecule has 0 unspecified atom stereocenters. The molecule has 0 saturated carbocycles. The van der Waals surface area contributed by atoms with Crippen molar-refractivity contribution in [1.29, 1.82) is 0 Å². The van der Waals surface area contributed by atoms with Gasteiger partial charge in [0.1, 0.15) is 0 Å². The lowest BCUT2D eigenvalue weighted by Crippen LogP contribution is -2.26. The van der Waals surface area contributed by atoms with Gasteiger partial charge in [0.05, 0.1) is 11.1 Å². The van der Waals surface area contributed by atoms with Crippen molar-refractivity contribution in [2.24, 2.45) is 0 Å². The van der Waals surface area contributed by atoms with Crippen molar-refractivity contribution in [2.45, 2.75) is 24.7 Å². The molecule has 0 heterocycles. The van der Waals surface area contributed by atoms with Crippen molar-refractivity contribution in [2.75, 3.05) is 16.4 Å². The van der Waals surface area contributed by atoms with Crippen LogP contribution in [0.2, 0.25) is 0 Å². The summed E-state index contributed by atoms with van der Waals surface area (Å²) in [6, 6.07) is 64.1. The predicted molar refractivity (Wildman–Crippen MR) is 229 cm³/mol. The van der Waals surface area contributed by atoms with Gasteiger partial charge in [0.15, 0.2) is 0 Å². The zero-order valence-corrected chi connectivity index (χ0v) is 30.8. The molecule has 262 valence electrons.